The van der Waals surface area contributed by atoms with Gasteiger partial charge in [0.2, 0.25) is 0 Å². The summed E-state index contributed by atoms with van der Waals surface area (Å²) in [5.74, 6) is 5.56. The minimum Gasteiger partial charge on any atom is -0.374 e. The first-order chi connectivity index (χ1) is 8.24. The predicted molar refractivity (Wildman–Crippen MR) is 73.5 cm³/mol. The van der Waals surface area contributed by atoms with Crippen molar-refractivity contribution in [1.82, 2.24) is 15.2 Å². The van der Waals surface area contributed by atoms with Gasteiger partial charge >= 0.3 is 0 Å². The first-order valence-electron chi connectivity index (χ1n) is 6.02. The van der Waals surface area contributed by atoms with Crippen molar-refractivity contribution in [2.24, 2.45) is 12.9 Å². The molecule has 0 aliphatic carbocycles. The maximum atomic E-state index is 6.20. The third-order valence-corrected chi connectivity index (χ3v) is 3.15. The van der Waals surface area contributed by atoms with Crippen LogP contribution in [0.4, 0.5) is 0 Å². The summed E-state index contributed by atoms with van der Waals surface area (Å²) in [6.07, 6.45) is 0.699. The number of ether oxygens (including phenoxy) is 1. The highest BCUT2D eigenvalue weighted by Gasteiger charge is 2.19. The molecule has 0 fully saturated rings. The van der Waals surface area contributed by atoms with Gasteiger partial charge in [0.1, 0.15) is 5.15 Å². The van der Waals surface area contributed by atoms with Gasteiger partial charge in [-0.25, -0.2) is 0 Å². The van der Waals surface area contributed by atoms with Crippen LogP contribution < -0.4 is 11.3 Å². The van der Waals surface area contributed by atoms with E-state index in [1.807, 2.05) is 34.7 Å². The fourth-order valence-electron chi connectivity index (χ4n) is 1.67. The number of hydrazine groups is 1. The Labute approximate surface area is 114 Å². The van der Waals surface area contributed by atoms with Crippen LogP contribution in [-0.4, -0.2) is 28.0 Å². The molecule has 1 rings (SSSR count). The van der Waals surface area contributed by atoms with Crippen molar-refractivity contribution < 1.29 is 4.74 Å². The number of nitrogens with zero attached hydrogens (tertiary/aromatic N) is 2. The summed E-state index contributed by atoms with van der Waals surface area (Å²) < 4.78 is 7.40. The van der Waals surface area contributed by atoms with Crippen LogP contribution in [0.25, 0.3) is 0 Å². The molecule has 5 nitrogen and oxygen atoms in total. The van der Waals surface area contributed by atoms with Crippen molar-refractivity contribution in [3.63, 3.8) is 0 Å². The molecular weight excluding hydrogens is 252 g/mol. The summed E-state index contributed by atoms with van der Waals surface area (Å²) in [5.41, 5.74) is 4.53. The van der Waals surface area contributed by atoms with E-state index in [4.69, 9.17) is 22.2 Å². The molecule has 1 atom stereocenters. The van der Waals surface area contributed by atoms with Crippen LogP contribution in [0.5, 0.6) is 0 Å². The highest BCUT2D eigenvalue weighted by molar-refractivity contribution is 6.30. The topological polar surface area (TPSA) is 65.1 Å². The molecule has 0 saturated carbocycles. The zero-order chi connectivity index (χ0) is 13.9. The standard InChI is InChI=1S/C12H23ClN4O/c1-8-10(11(13)17(5)16-8)6-9(15-14)7-18-12(2,3)4/h9,15H,6-7,14H2,1-5H3. The van der Waals surface area contributed by atoms with E-state index in [-0.39, 0.29) is 11.6 Å². The molecule has 0 aromatic carbocycles. The Morgan fingerprint density at radius 2 is 2.11 bits per heavy atom. The predicted octanol–water partition coefficient (Wildman–Crippen LogP) is 1.57. The Balaban J connectivity index is 2.68. The molecule has 1 aromatic rings. The monoisotopic (exact) mass is 274 g/mol. The smallest absolute Gasteiger partial charge is 0.130 e. The number of aromatic nitrogens is 2. The van der Waals surface area contributed by atoms with E-state index >= 15 is 0 Å². The van der Waals surface area contributed by atoms with Gasteiger partial charge in [0.25, 0.3) is 0 Å². The molecule has 104 valence electrons. The third-order valence-electron chi connectivity index (χ3n) is 2.67. The van der Waals surface area contributed by atoms with Crippen LogP contribution in [0, 0.1) is 6.92 Å². The lowest BCUT2D eigenvalue weighted by atomic mass is 10.1. The molecule has 0 bridgehead atoms. The Morgan fingerprint density at radius 3 is 2.50 bits per heavy atom. The zero-order valence-corrected chi connectivity index (χ0v) is 12.5. The summed E-state index contributed by atoms with van der Waals surface area (Å²) in [5, 5.41) is 4.94. The van der Waals surface area contributed by atoms with Gasteiger partial charge in [0, 0.05) is 18.7 Å². The summed E-state index contributed by atoms with van der Waals surface area (Å²) in [6, 6.07) is 0.0182. The van der Waals surface area contributed by atoms with Crippen LogP contribution in [-0.2, 0) is 18.2 Å². The maximum absolute atomic E-state index is 6.20. The lowest BCUT2D eigenvalue weighted by Crippen LogP contribution is -2.42. The molecule has 0 saturated heterocycles. The lowest BCUT2D eigenvalue weighted by molar-refractivity contribution is -0.0143. The van der Waals surface area contributed by atoms with E-state index in [1.54, 1.807) is 4.68 Å². The summed E-state index contributed by atoms with van der Waals surface area (Å²) in [7, 11) is 1.83. The molecule has 0 radical (unpaired) electrons. The van der Waals surface area contributed by atoms with Gasteiger partial charge in [-0.2, -0.15) is 5.10 Å². The average Bonchev–Trinajstić information content (AvgIpc) is 2.48. The van der Waals surface area contributed by atoms with Crippen molar-refractivity contribution in [2.75, 3.05) is 6.61 Å². The zero-order valence-electron chi connectivity index (χ0n) is 11.7. The number of halogens is 1. The van der Waals surface area contributed by atoms with Crippen molar-refractivity contribution in [2.45, 2.75) is 45.8 Å². The van der Waals surface area contributed by atoms with Crippen LogP contribution >= 0.6 is 11.6 Å². The van der Waals surface area contributed by atoms with E-state index in [0.717, 1.165) is 11.3 Å². The minimum absolute atomic E-state index is 0.0182. The van der Waals surface area contributed by atoms with E-state index < -0.39 is 0 Å². The van der Waals surface area contributed by atoms with Crippen molar-refractivity contribution in [3.05, 3.63) is 16.4 Å². The highest BCUT2D eigenvalue weighted by Crippen LogP contribution is 2.20. The van der Waals surface area contributed by atoms with Crippen LogP contribution in [0.15, 0.2) is 0 Å². The third kappa shape index (κ3) is 4.24. The normalized spacial score (nSPS) is 13.9. The first-order valence-corrected chi connectivity index (χ1v) is 6.40. The summed E-state index contributed by atoms with van der Waals surface area (Å²) in [6.45, 7) is 8.53. The molecule has 1 unspecified atom stereocenters. The molecule has 1 aromatic heterocycles. The van der Waals surface area contributed by atoms with Gasteiger partial charge in [0.05, 0.1) is 17.9 Å². The second-order valence-corrected chi connectivity index (χ2v) is 5.83. The van der Waals surface area contributed by atoms with E-state index in [0.29, 0.717) is 18.2 Å². The van der Waals surface area contributed by atoms with Crippen LogP contribution in [0.3, 0.4) is 0 Å². The fraction of sp³-hybridized carbons (Fsp3) is 0.750. The Bertz CT molecular complexity index is 398. The quantitative estimate of drug-likeness (QED) is 0.632. The van der Waals surface area contributed by atoms with Gasteiger partial charge in [-0.1, -0.05) is 11.6 Å². The molecular formula is C12H23ClN4O. The Morgan fingerprint density at radius 1 is 1.50 bits per heavy atom. The molecule has 0 spiro atoms. The molecule has 6 heteroatoms. The number of aryl methyl sites for hydroxylation is 2. The number of nitrogens with two attached hydrogens (primary N) is 1. The largest absolute Gasteiger partial charge is 0.374 e. The molecule has 1 heterocycles. The van der Waals surface area contributed by atoms with Gasteiger partial charge in [-0.3, -0.25) is 16.0 Å². The fourth-order valence-corrected chi connectivity index (χ4v) is 1.92. The SMILES string of the molecule is Cc1nn(C)c(Cl)c1CC(COC(C)(C)C)NN. The van der Waals surface area contributed by atoms with Crippen LogP contribution in [0.2, 0.25) is 5.15 Å². The number of rotatable bonds is 5. The molecule has 3 N–H and O–H groups in total. The van der Waals surface area contributed by atoms with Gasteiger partial charge in [0.15, 0.2) is 0 Å². The molecule has 0 amide bonds. The second kappa shape index (κ2) is 6.02. The minimum atomic E-state index is -0.178. The number of nitrogens with one attached hydrogen (secondary N) is 1. The Hall–Kier alpha value is -0.620. The van der Waals surface area contributed by atoms with Crippen molar-refractivity contribution in [3.8, 4) is 0 Å². The lowest BCUT2D eigenvalue weighted by Gasteiger charge is -2.24. The number of hydrogen-bond donors (Lipinski definition) is 2. The molecule has 0 aliphatic rings. The summed E-state index contributed by atoms with van der Waals surface area (Å²) in [4.78, 5) is 0. The summed E-state index contributed by atoms with van der Waals surface area (Å²) >= 11 is 6.20. The van der Waals surface area contributed by atoms with Crippen LogP contribution in [0.1, 0.15) is 32.0 Å². The van der Waals surface area contributed by atoms with Crippen molar-refractivity contribution >= 4 is 11.6 Å². The average molecular weight is 275 g/mol. The second-order valence-electron chi connectivity index (χ2n) is 5.47. The Kier molecular flexibility index (Phi) is 5.16. The van der Waals surface area contributed by atoms with E-state index in [1.165, 1.54) is 0 Å². The van der Waals surface area contributed by atoms with Gasteiger partial charge in [-0.15, -0.1) is 0 Å². The maximum Gasteiger partial charge on any atom is 0.130 e. The van der Waals surface area contributed by atoms with Gasteiger partial charge < -0.3 is 4.74 Å². The molecule has 0 aliphatic heterocycles. The van der Waals surface area contributed by atoms with Crippen molar-refractivity contribution in [1.29, 1.82) is 0 Å². The molecule has 18 heavy (non-hydrogen) atoms. The van der Waals surface area contributed by atoms with E-state index in [9.17, 15) is 0 Å². The van der Waals surface area contributed by atoms with Gasteiger partial charge in [-0.05, 0) is 34.1 Å². The highest BCUT2D eigenvalue weighted by atomic mass is 35.5. The number of hydrogen-bond acceptors (Lipinski definition) is 4. The first kappa shape index (κ1) is 15.4. The van der Waals surface area contributed by atoms with E-state index in [2.05, 4.69) is 10.5 Å².